The largest absolute Gasteiger partial charge is 0.379 e. The summed E-state index contributed by atoms with van der Waals surface area (Å²) in [5.41, 5.74) is 1.68. The molecule has 0 aromatic heterocycles. The second kappa shape index (κ2) is 7.71. The van der Waals surface area contributed by atoms with Crippen LogP contribution in [0.1, 0.15) is 33.5 Å². The maximum absolute atomic E-state index is 13.3. The predicted molar refractivity (Wildman–Crippen MR) is 110 cm³/mol. The van der Waals surface area contributed by atoms with Crippen LogP contribution in [0.4, 0.5) is 5.69 Å². The molecule has 0 saturated carbocycles. The zero-order chi connectivity index (χ0) is 20.6. The first-order valence-electron chi connectivity index (χ1n) is 9.94. The number of ether oxygens (including phenoxy) is 1. The summed E-state index contributed by atoms with van der Waals surface area (Å²) in [4.78, 5) is 30.1. The minimum absolute atomic E-state index is 0.231. The number of nitrogens with zero attached hydrogens (tertiary/aromatic N) is 2. The highest BCUT2D eigenvalue weighted by Crippen LogP contribution is 2.43. The van der Waals surface area contributed by atoms with E-state index in [9.17, 15) is 14.7 Å². The van der Waals surface area contributed by atoms with Gasteiger partial charge in [0.25, 0.3) is 5.91 Å². The number of hydrogen-bond acceptors (Lipinski definition) is 5. The van der Waals surface area contributed by atoms with Crippen LogP contribution in [-0.4, -0.2) is 54.7 Å². The lowest BCUT2D eigenvalue weighted by molar-refractivity contribution is -0.136. The molecule has 2 aromatic rings. The molecular weight excluding hydrogens is 368 g/mol. The Kier molecular flexibility index (Phi) is 5.25. The summed E-state index contributed by atoms with van der Waals surface area (Å²) < 4.78 is 5.38. The van der Waals surface area contributed by atoms with Crippen LogP contribution in [0.25, 0.3) is 0 Å². The van der Waals surface area contributed by atoms with Gasteiger partial charge in [-0.05, 0) is 31.5 Å². The second-order valence-electron chi connectivity index (χ2n) is 7.90. The molecule has 0 radical (unpaired) electrons. The smallest absolute Gasteiger partial charge is 0.265 e. The van der Waals surface area contributed by atoms with Gasteiger partial charge < -0.3 is 9.84 Å². The van der Waals surface area contributed by atoms with Crippen LogP contribution in [0, 0.1) is 13.8 Å². The number of anilines is 1. The fraction of sp³-hybridized carbons (Fsp3) is 0.391. The summed E-state index contributed by atoms with van der Waals surface area (Å²) >= 11 is 0. The zero-order valence-corrected chi connectivity index (χ0v) is 16.9. The van der Waals surface area contributed by atoms with Gasteiger partial charge in [-0.2, -0.15) is 0 Å². The van der Waals surface area contributed by atoms with Crippen molar-refractivity contribution in [3.63, 3.8) is 0 Å². The topological polar surface area (TPSA) is 70.1 Å². The SMILES string of the molecule is Cc1ccc(C)c(C(=O)C[C@@]2(O)C(=O)N(CN3CCOCC3)c3ccccc32)c1. The van der Waals surface area contributed by atoms with E-state index in [0.717, 1.165) is 24.2 Å². The standard InChI is InChI=1S/C23H26N2O4/c1-16-7-8-17(2)18(13-16)21(26)14-23(28)19-5-3-4-6-20(19)25(22(23)27)15-24-9-11-29-12-10-24/h3-8,13,28H,9-12,14-15H2,1-2H3/t23-/m0/s1. The normalized spacial score (nSPS) is 22.0. The van der Waals surface area contributed by atoms with Crippen molar-refractivity contribution < 1.29 is 19.4 Å². The highest BCUT2D eigenvalue weighted by atomic mass is 16.5. The Labute approximate surface area is 170 Å². The van der Waals surface area contributed by atoms with Crippen LogP contribution in [0.15, 0.2) is 42.5 Å². The number of benzene rings is 2. The Morgan fingerprint density at radius 1 is 1.14 bits per heavy atom. The number of rotatable bonds is 5. The molecular formula is C23H26N2O4. The summed E-state index contributed by atoms with van der Waals surface area (Å²) in [6, 6.07) is 12.9. The molecule has 6 heteroatoms. The van der Waals surface area contributed by atoms with Crippen molar-refractivity contribution in [2.75, 3.05) is 37.9 Å². The molecule has 1 saturated heterocycles. The van der Waals surface area contributed by atoms with Gasteiger partial charge >= 0.3 is 0 Å². The molecule has 6 nitrogen and oxygen atoms in total. The van der Waals surface area contributed by atoms with Crippen molar-refractivity contribution in [1.82, 2.24) is 4.90 Å². The summed E-state index contributed by atoms with van der Waals surface area (Å²) in [5, 5.41) is 11.4. The lowest BCUT2D eigenvalue weighted by atomic mass is 9.87. The molecule has 0 bridgehead atoms. The first-order valence-corrected chi connectivity index (χ1v) is 9.94. The molecule has 2 aliphatic heterocycles. The number of aryl methyl sites for hydroxylation is 2. The number of aliphatic hydroxyl groups is 1. The molecule has 1 fully saturated rings. The van der Waals surface area contributed by atoms with Crippen LogP contribution in [-0.2, 0) is 15.1 Å². The number of ketones is 1. The van der Waals surface area contributed by atoms with E-state index in [1.165, 1.54) is 0 Å². The maximum atomic E-state index is 13.3. The van der Waals surface area contributed by atoms with Crippen molar-refractivity contribution in [3.8, 4) is 0 Å². The van der Waals surface area contributed by atoms with Crippen LogP contribution in [0.5, 0.6) is 0 Å². The van der Waals surface area contributed by atoms with Crippen molar-refractivity contribution in [2.45, 2.75) is 25.9 Å². The van der Waals surface area contributed by atoms with Crippen LogP contribution >= 0.6 is 0 Å². The number of carbonyl (C=O) groups is 2. The first-order chi connectivity index (χ1) is 13.9. The van der Waals surface area contributed by atoms with E-state index in [2.05, 4.69) is 4.90 Å². The van der Waals surface area contributed by atoms with E-state index in [-0.39, 0.29) is 12.2 Å². The van der Waals surface area contributed by atoms with E-state index in [1.807, 2.05) is 44.2 Å². The van der Waals surface area contributed by atoms with Gasteiger partial charge in [0.05, 0.1) is 32.0 Å². The van der Waals surface area contributed by atoms with Crippen molar-refractivity contribution in [3.05, 3.63) is 64.7 Å². The van der Waals surface area contributed by atoms with Crippen molar-refractivity contribution in [1.29, 1.82) is 0 Å². The van der Waals surface area contributed by atoms with Crippen LogP contribution in [0.2, 0.25) is 0 Å². The van der Waals surface area contributed by atoms with E-state index in [1.54, 1.807) is 17.0 Å². The van der Waals surface area contributed by atoms with E-state index in [4.69, 9.17) is 4.74 Å². The molecule has 0 aliphatic carbocycles. The molecule has 152 valence electrons. The number of morpholine rings is 1. The third-order valence-electron chi connectivity index (χ3n) is 5.79. The van der Waals surface area contributed by atoms with Gasteiger partial charge in [0.1, 0.15) is 0 Å². The quantitative estimate of drug-likeness (QED) is 0.789. The van der Waals surface area contributed by atoms with Crippen LogP contribution in [0.3, 0.4) is 0 Å². The molecule has 1 N–H and O–H groups in total. The number of carbonyl (C=O) groups excluding carboxylic acids is 2. The molecule has 4 rings (SSSR count). The number of fused-ring (bicyclic) bond motifs is 1. The van der Waals surface area contributed by atoms with Gasteiger partial charge in [-0.3, -0.25) is 19.4 Å². The molecule has 29 heavy (non-hydrogen) atoms. The fourth-order valence-electron chi connectivity index (χ4n) is 4.12. The average molecular weight is 394 g/mol. The predicted octanol–water partition coefficient (Wildman–Crippen LogP) is 2.40. The minimum Gasteiger partial charge on any atom is -0.379 e. The summed E-state index contributed by atoms with van der Waals surface area (Å²) in [7, 11) is 0. The number of amides is 1. The summed E-state index contributed by atoms with van der Waals surface area (Å²) in [6.45, 7) is 6.87. The highest BCUT2D eigenvalue weighted by molar-refractivity contribution is 6.11. The van der Waals surface area contributed by atoms with Gasteiger partial charge in [-0.1, -0.05) is 35.9 Å². The molecule has 0 unspecified atom stereocenters. The lowest BCUT2D eigenvalue weighted by Crippen LogP contribution is -2.49. The average Bonchev–Trinajstić information content (AvgIpc) is 2.92. The van der Waals surface area contributed by atoms with Gasteiger partial charge in [-0.15, -0.1) is 0 Å². The second-order valence-corrected chi connectivity index (χ2v) is 7.90. The van der Waals surface area contributed by atoms with E-state index in [0.29, 0.717) is 36.7 Å². The molecule has 1 atom stereocenters. The van der Waals surface area contributed by atoms with E-state index < -0.39 is 11.5 Å². The van der Waals surface area contributed by atoms with Crippen molar-refractivity contribution in [2.24, 2.45) is 0 Å². The first kappa shape index (κ1) is 19.8. The monoisotopic (exact) mass is 394 g/mol. The van der Waals surface area contributed by atoms with E-state index >= 15 is 0 Å². The summed E-state index contributed by atoms with van der Waals surface area (Å²) in [5.74, 6) is -0.672. The van der Waals surface area contributed by atoms with Crippen molar-refractivity contribution >= 4 is 17.4 Å². The molecule has 0 spiro atoms. The van der Waals surface area contributed by atoms with Gasteiger partial charge in [0.15, 0.2) is 11.4 Å². The number of hydrogen-bond donors (Lipinski definition) is 1. The van der Waals surface area contributed by atoms with Gasteiger partial charge in [0, 0.05) is 24.2 Å². The number of para-hydroxylation sites is 1. The zero-order valence-electron chi connectivity index (χ0n) is 16.9. The molecule has 2 heterocycles. The molecule has 1 amide bonds. The third-order valence-corrected chi connectivity index (χ3v) is 5.79. The lowest BCUT2D eigenvalue weighted by Gasteiger charge is -2.31. The molecule has 2 aliphatic rings. The Balaban J connectivity index is 1.64. The Hall–Kier alpha value is -2.54. The van der Waals surface area contributed by atoms with Gasteiger partial charge in [-0.25, -0.2) is 0 Å². The third kappa shape index (κ3) is 3.59. The maximum Gasteiger partial charge on any atom is 0.265 e. The highest BCUT2D eigenvalue weighted by Gasteiger charge is 2.51. The fourth-order valence-corrected chi connectivity index (χ4v) is 4.12. The Morgan fingerprint density at radius 3 is 2.62 bits per heavy atom. The minimum atomic E-state index is -1.85. The van der Waals surface area contributed by atoms with Crippen LogP contribution < -0.4 is 4.90 Å². The Bertz CT molecular complexity index is 952. The molecule has 2 aromatic carbocycles. The number of Topliss-reactive ketones (excluding diaryl/α,β-unsaturated/α-hetero) is 1. The Morgan fingerprint density at radius 2 is 1.86 bits per heavy atom. The summed E-state index contributed by atoms with van der Waals surface area (Å²) in [6.07, 6.45) is -0.271. The van der Waals surface area contributed by atoms with Gasteiger partial charge in [0.2, 0.25) is 0 Å².